The molecule has 2 aromatic heterocycles. The first-order chi connectivity index (χ1) is 13.2. The Labute approximate surface area is 157 Å². The Morgan fingerprint density at radius 2 is 2.15 bits per heavy atom. The van der Waals surface area contributed by atoms with Gasteiger partial charge in [0.2, 0.25) is 0 Å². The number of methoxy groups -OCH3 is 1. The summed E-state index contributed by atoms with van der Waals surface area (Å²) < 4.78 is 15.9. The van der Waals surface area contributed by atoms with Gasteiger partial charge in [-0.15, -0.1) is 0 Å². The van der Waals surface area contributed by atoms with Gasteiger partial charge in [-0.1, -0.05) is 18.7 Å². The number of hydrogen-bond acceptors (Lipinski definition) is 5. The third-order valence-corrected chi connectivity index (χ3v) is 3.78. The summed E-state index contributed by atoms with van der Waals surface area (Å²) in [5.41, 5.74) is 1.94. The number of ether oxygens (including phenoxy) is 3. The van der Waals surface area contributed by atoms with E-state index in [0.717, 1.165) is 11.0 Å². The molecule has 7 heteroatoms. The first kappa shape index (κ1) is 18.5. The molecule has 0 bridgehead atoms. The highest BCUT2D eigenvalue weighted by Crippen LogP contribution is 2.30. The lowest BCUT2D eigenvalue weighted by molar-refractivity contribution is 0.146. The molecule has 0 aliphatic heterocycles. The number of hydrogen-bond donors (Lipinski definition) is 1. The third-order valence-electron chi connectivity index (χ3n) is 3.78. The van der Waals surface area contributed by atoms with Crippen LogP contribution in [0.25, 0.3) is 11.0 Å². The zero-order valence-corrected chi connectivity index (χ0v) is 15.1. The second kappa shape index (κ2) is 8.86. The molecule has 1 amide bonds. The predicted octanol–water partition coefficient (Wildman–Crippen LogP) is 4.05. The van der Waals surface area contributed by atoms with E-state index in [0.29, 0.717) is 30.3 Å². The molecular weight excluding hydrogens is 346 g/mol. The number of H-pyrrole nitrogens is 1. The van der Waals surface area contributed by atoms with Gasteiger partial charge in [-0.2, -0.15) is 0 Å². The Morgan fingerprint density at radius 1 is 1.26 bits per heavy atom. The SMILES string of the molecule is C=CCOC(=O)N(c1cccc(OCCOC)c1)c1cnc2[nH]ccc2c1. The largest absolute Gasteiger partial charge is 0.491 e. The molecule has 1 aromatic carbocycles. The average molecular weight is 367 g/mol. The maximum absolute atomic E-state index is 12.7. The zero-order chi connectivity index (χ0) is 19.1. The number of aromatic amines is 1. The highest BCUT2D eigenvalue weighted by molar-refractivity contribution is 5.97. The van der Waals surface area contributed by atoms with Gasteiger partial charge in [0.15, 0.2) is 0 Å². The number of aromatic nitrogens is 2. The Bertz CT molecular complexity index is 922. The van der Waals surface area contributed by atoms with Gasteiger partial charge in [-0.25, -0.2) is 14.7 Å². The average Bonchev–Trinajstić information content (AvgIpc) is 3.15. The van der Waals surface area contributed by atoms with Crippen molar-refractivity contribution in [2.45, 2.75) is 0 Å². The van der Waals surface area contributed by atoms with Gasteiger partial charge in [0.1, 0.15) is 24.6 Å². The molecule has 0 atom stereocenters. The topological polar surface area (TPSA) is 76.7 Å². The van der Waals surface area contributed by atoms with Crippen LogP contribution < -0.4 is 9.64 Å². The number of nitrogens with one attached hydrogen (secondary N) is 1. The van der Waals surface area contributed by atoms with E-state index in [4.69, 9.17) is 14.2 Å². The zero-order valence-electron chi connectivity index (χ0n) is 15.1. The van der Waals surface area contributed by atoms with Crippen LogP contribution in [0.5, 0.6) is 5.75 Å². The summed E-state index contributed by atoms with van der Waals surface area (Å²) >= 11 is 0. The maximum atomic E-state index is 12.7. The fourth-order valence-corrected chi connectivity index (χ4v) is 2.56. The molecule has 0 spiro atoms. The summed E-state index contributed by atoms with van der Waals surface area (Å²) in [5, 5.41) is 0.890. The molecule has 0 saturated heterocycles. The highest BCUT2D eigenvalue weighted by atomic mass is 16.6. The van der Waals surface area contributed by atoms with Crippen molar-refractivity contribution in [1.82, 2.24) is 9.97 Å². The van der Waals surface area contributed by atoms with E-state index in [1.165, 1.54) is 11.0 Å². The standard InChI is InChI=1S/C20H21N3O4/c1-3-9-27-20(24)23(17-12-15-7-8-21-19(15)22-14-17)16-5-4-6-18(13-16)26-11-10-25-2/h3-8,12-14H,1,9-11H2,2H3,(H,21,22). The quantitative estimate of drug-likeness (QED) is 0.480. The number of amides is 1. The van der Waals surface area contributed by atoms with Crippen LogP contribution in [0.4, 0.5) is 16.2 Å². The molecule has 0 saturated carbocycles. The molecule has 0 aliphatic rings. The van der Waals surface area contributed by atoms with Crippen LogP contribution >= 0.6 is 0 Å². The number of fused-ring (bicyclic) bond motifs is 1. The summed E-state index contributed by atoms with van der Waals surface area (Å²) in [5.74, 6) is 0.627. The minimum atomic E-state index is -0.527. The molecule has 7 nitrogen and oxygen atoms in total. The van der Waals surface area contributed by atoms with Crippen LogP contribution in [0.3, 0.4) is 0 Å². The van der Waals surface area contributed by atoms with Gasteiger partial charge in [-0.3, -0.25) is 0 Å². The van der Waals surface area contributed by atoms with Crippen molar-refractivity contribution in [2.24, 2.45) is 0 Å². The summed E-state index contributed by atoms with van der Waals surface area (Å²) in [4.78, 5) is 21.6. The lowest BCUT2D eigenvalue weighted by atomic mass is 10.2. The van der Waals surface area contributed by atoms with E-state index >= 15 is 0 Å². The number of carbonyl (C=O) groups excluding carboxylic acids is 1. The molecule has 0 fully saturated rings. The van der Waals surface area contributed by atoms with Crippen molar-refractivity contribution in [2.75, 3.05) is 31.8 Å². The molecule has 0 radical (unpaired) electrons. The molecule has 140 valence electrons. The van der Waals surface area contributed by atoms with Gasteiger partial charge < -0.3 is 19.2 Å². The number of anilines is 2. The van der Waals surface area contributed by atoms with E-state index in [1.54, 1.807) is 31.6 Å². The fraction of sp³-hybridized carbons (Fsp3) is 0.200. The lowest BCUT2D eigenvalue weighted by Gasteiger charge is -2.22. The Hall–Kier alpha value is -3.32. The van der Waals surface area contributed by atoms with Crippen LogP contribution in [0.1, 0.15) is 0 Å². The van der Waals surface area contributed by atoms with Crippen LogP contribution in [0.15, 0.2) is 61.4 Å². The van der Waals surface area contributed by atoms with Crippen LogP contribution in [-0.2, 0) is 9.47 Å². The smallest absolute Gasteiger partial charge is 0.419 e. The minimum absolute atomic E-state index is 0.110. The molecule has 0 unspecified atom stereocenters. The minimum Gasteiger partial charge on any atom is -0.491 e. The van der Waals surface area contributed by atoms with Gasteiger partial charge >= 0.3 is 6.09 Å². The summed E-state index contributed by atoms with van der Waals surface area (Å²) in [6.07, 6.45) is 4.41. The van der Waals surface area contributed by atoms with Crippen LogP contribution in [0, 0.1) is 0 Å². The second-order valence-electron chi connectivity index (χ2n) is 5.65. The first-order valence-electron chi connectivity index (χ1n) is 8.45. The summed E-state index contributed by atoms with van der Waals surface area (Å²) in [7, 11) is 1.61. The molecule has 3 rings (SSSR count). The molecular formula is C20H21N3O4. The van der Waals surface area contributed by atoms with Crippen molar-refractivity contribution in [3.63, 3.8) is 0 Å². The molecule has 2 heterocycles. The number of nitrogens with zero attached hydrogens (tertiary/aromatic N) is 2. The van der Waals surface area contributed by atoms with E-state index in [9.17, 15) is 4.79 Å². The van der Waals surface area contributed by atoms with Gasteiger partial charge in [-0.05, 0) is 24.3 Å². The van der Waals surface area contributed by atoms with Crippen LogP contribution in [0.2, 0.25) is 0 Å². The monoisotopic (exact) mass is 367 g/mol. The maximum Gasteiger partial charge on any atom is 0.419 e. The molecule has 1 N–H and O–H groups in total. The summed E-state index contributed by atoms with van der Waals surface area (Å²) in [6.45, 7) is 4.58. The second-order valence-corrected chi connectivity index (χ2v) is 5.65. The Balaban J connectivity index is 1.95. The number of benzene rings is 1. The van der Waals surface area contributed by atoms with Crippen LogP contribution in [-0.4, -0.2) is 43.0 Å². The van der Waals surface area contributed by atoms with Crippen molar-refractivity contribution in [3.8, 4) is 5.75 Å². The van der Waals surface area contributed by atoms with E-state index in [-0.39, 0.29) is 6.61 Å². The van der Waals surface area contributed by atoms with E-state index < -0.39 is 6.09 Å². The first-order valence-corrected chi connectivity index (χ1v) is 8.45. The van der Waals surface area contributed by atoms with Crippen molar-refractivity contribution in [3.05, 3.63) is 61.4 Å². The Kier molecular flexibility index (Phi) is 6.06. The van der Waals surface area contributed by atoms with Gasteiger partial charge in [0.05, 0.1) is 24.2 Å². The fourth-order valence-electron chi connectivity index (χ4n) is 2.56. The number of carbonyl (C=O) groups is 1. The molecule has 3 aromatic rings. The van der Waals surface area contributed by atoms with Gasteiger partial charge in [0.25, 0.3) is 0 Å². The number of rotatable bonds is 8. The predicted molar refractivity (Wildman–Crippen MR) is 104 cm³/mol. The summed E-state index contributed by atoms with van der Waals surface area (Å²) in [6, 6.07) is 11.0. The lowest BCUT2D eigenvalue weighted by Crippen LogP contribution is -2.27. The van der Waals surface area contributed by atoms with Crippen molar-refractivity contribution >= 4 is 28.5 Å². The molecule has 0 aliphatic carbocycles. The van der Waals surface area contributed by atoms with Crippen molar-refractivity contribution in [1.29, 1.82) is 0 Å². The molecule has 27 heavy (non-hydrogen) atoms. The third kappa shape index (κ3) is 4.45. The van der Waals surface area contributed by atoms with Crippen molar-refractivity contribution < 1.29 is 19.0 Å². The van der Waals surface area contributed by atoms with Gasteiger partial charge in [0, 0.05) is 24.8 Å². The van der Waals surface area contributed by atoms with E-state index in [2.05, 4.69) is 16.5 Å². The van der Waals surface area contributed by atoms with E-state index in [1.807, 2.05) is 24.3 Å². The Morgan fingerprint density at radius 3 is 2.96 bits per heavy atom. The normalized spacial score (nSPS) is 10.6. The number of pyridine rings is 1. The highest BCUT2D eigenvalue weighted by Gasteiger charge is 2.21.